The summed E-state index contributed by atoms with van der Waals surface area (Å²) in [4.78, 5) is 12.8. The molecule has 2 rings (SSSR count). The normalized spacial score (nSPS) is 13.8. The number of hydrogen-bond donors (Lipinski definition) is 0. The molecule has 0 saturated carbocycles. The van der Waals surface area contributed by atoms with Gasteiger partial charge in [0.2, 0.25) is 0 Å². The number of hydrogen-bond acceptors (Lipinski definition) is 5. The fourth-order valence-corrected chi connectivity index (χ4v) is 2.95. The Labute approximate surface area is 149 Å². The molecule has 0 saturated heterocycles. The first-order valence-electron chi connectivity index (χ1n) is 8.42. The fourth-order valence-electron chi connectivity index (χ4n) is 2.95. The molecule has 2 unspecified atom stereocenters. The third-order valence-electron chi connectivity index (χ3n) is 4.47. The predicted octanol–water partition coefficient (Wildman–Crippen LogP) is 2.33. The first kappa shape index (κ1) is 19.3. The summed E-state index contributed by atoms with van der Waals surface area (Å²) in [6, 6.07) is 6.12. The zero-order valence-corrected chi connectivity index (χ0v) is 15.7. The Balaban J connectivity index is 2.37. The Morgan fingerprint density at radius 1 is 1.28 bits per heavy atom. The van der Waals surface area contributed by atoms with Crippen molar-refractivity contribution >= 4 is 17.4 Å². The Bertz CT molecular complexity index is 696. The second-order valence-corrected chi connectivity index (χ2v) is 6.45. The number of likely N-dealkylation sites (N-methyl/N-ethyl adjacent to an activating group) is 1. The van der Waals surface area contributed by atoms with Crippen LogP contribution in [0.3, 0.4) is 0 Å². The van der Waals surface area contributed by atoms with Crippen LogP contribution in [0.4, 0.5) is 0 Å². The lowest BCUT2D eigenvalue weighted by molar-refractivity contribution is -0.139. The SMILES string of the molecule is COc1ccc2c(CCN(C)C)cn(CC(OC)C(C)OC=O)c2c1. The molecular formula is C19H28N2O4. The van der Waals surface area contributed by atoms with Gasteiger partial charge in [-0.2, -0.15) is 0 Å². The molecule has 0 bridgehead atoms. The highest BCUT2D eigenvalue weighted by Gasteiger charge is 2.20. The summed E-state index contributed by atoms with van der Waals surface area (Å²) in [5.41, 5.74) is 2.37. The van der Waals surface area contributed by atoms with Gasteiger partial charge < -0.3 is 23.7 Å². The molecule has 1 heterocycles. The van der Waals surface area contributed by atoms with Crippen molar-refractivity contribution in [1.29, 1.82) is 0 Å². The van der Waals surface area contributed by atoms with Crippen LogP contribution in [0.1, 0.15) is 12.5 Å². The summed E-state index contributed by atoms with van der Waals surface area (Å²) in [5, 5.41) is 1.21. The summed E-state index contributed by atoms with van der Waals surface area (Å²) in [5.74, 6) is 0.817. The van der Waals surface area contributed by atoms with Crippen LogP contribution in [0.5, 0.6) is 5.75 Å². The Morgan fingerprint density at radius 2 is 2.04 bits per heavy atom. The summed E-state index contributed by atoms with van der Waals surface area (Å²) in [6.45, 7) is 3.87. The highest BCUT2D eigenvalue weighted by atomic mass is 16.6. The molecule has 0 aliphatic carbocycles. The zero-order chi connectivity index (χ0) is 18.4. The van der Waals surface area contributed by atoms with E-state index in [0.717, 1.165) is 24.2 Å². The summed E-state index contributed by atoms with van der Waals surface area (Å²) in [6.07, 6.45) is 2.57. The lowest BCUT2D eigenvalue weighted by Gasteiger charge is -2.22. The van der Waals surface area contributed by atoms with Gasteiger partial charge in [-0.15, -0.1) is 0 Å². The minimum absolute atomic E-state index is 0.228. The number of fused-ring (bicyclic) bond motifs is 1. The van der Waals surface area contributed by atoms with E-state index in [-0.39, 0.29) is 12.2 Å². The van der Waals surface area contributed by atoms with E-state index in [2.05, 4.69) is 35.8 Å². The van der Waals surface area contributed by atoms with E-state index in [4.69, 9.17) is 14.2 Å². The average Bonchev–Trinajstić information content (AvgIpc) is 2.94. The number of methoxy groups -OCH3 is 2. The number of carbonyl (C=O) groups is 1. The van der Waals surface area contributed by atoms with Crippen LogP contribution in [0.25, 0.3) is 10.9 Å². The second kappa shape index (κ2) is 8.87. The van der Waals surface area contributed by atoms with Gasteiger partial charge >= 0.3 is 0 Å². The molecule has 0 spiro atoms. The van der Waals surface area contributed by atoms with E-state index < -0.39 is 0 Å². The van der Waals surface area contributed by atoms with Gasteiger partial charge in [0.15, 0.2) is 0 Å². The molecule has 2 aromatic rings. The van der Waals surface area contributed by atoms with Crippen molar-refractivity contribution in [2.45, 2.75) is 32.1 Å². The minimum Gasteiger partial charge on any atom is -0.497 e. The molecule has 0 radical (unpaired) electrons. The van der Waals surface area contributed by atoms with E-state index in [9.17, 15) is 4.79 Å². The van der Waals surface area contributed by atoms with E-state index in [1.165, 1.54) is 10.9 Å². The van der Waals surface area contributed by atoms with E-state index >= 15 is 0 Å². The molecule has 6 heteroatoms. The molecule has 0 N–H and O–H groups in total. The van der Waals surface area contributed by atoms with Crippen molar-refractivity contribution in [2.75, 3.05) is 34.9 Å². The maximum atomic E-state index is 10.6. The Morgan fingerprint density at radius 3 is 2.64 bits per heavy atom. The predicted molar refractivity (Wildman–Crippen MR) is 98.2 cm³/mol. The molecule has 0 aliphatic rings. The highest BCUT2D eigenvalue weighted by Crippen LogP contribution is 2.27. The molecule has 25 heavy (non-hydrogen) atoms. The number of rotatable bonds is 10. The lowest BCUT2D eigenvalue weighted by Crippen LogP contribution is -2.32. The maximum Gasteiger partial charge on any atom is 0.293 e. The van der Waals surface area contributed by atoms with Crippen LogP contribution in [0.2, 0.25) is 0 Å². The van der Waals surface area contributed by atoms with Crippen molar-refractivity contribution in [3.8, 4) is 5.75 Å². The number of carbonyl (C=O) groups excluding carboxylic acids is 1. The van der Waals surface area contributed by atoms with Gasteiger partial charge in [-0.3, -0.25) is 4.79 Å². The smallest absolute Gasteiger partial charge is 0.293 e. The highest BCUT2D eigenvalue weighted by molar-refractivity contribution is 5.85. The van der Waals surface area contributed by atoms with Crippen LogP contribution in [0.15, 0.2) is 24.4 Å². The molecule has 0 fully saturated rings. The minimum atomic E-state index is -0.323. The average molecular weight is 348 g/mol. The molecule has 0 aliphatic heterocycles. The Kier molecular flexibility index (Phi) is 6.84. The maximum absolute atomic E-state index is 10.6. The first-order chi connectivity index (χ1) is 12.0. The molecule has 6 nitrogen and oxygen atoms in total. The first-order valence-corrected chi connectivity index (χ1v) is 8.42. The number of ether oxygens (including phenoxy) is 3. The van der Waals surface area contributed by atoms with Gasteiger partial charge in [0, 0.05) is 31.3 Å². The molecular weight excluding hydrogens is 320 g/mol. The van der Waals surface area contributed by atoms with Crippen molar-refractivity contribution in [1.82, 2.24) is 9.47 Å². The molecule has 138 valence electrons. The zero-order valence-electron chi connectivity index (χ0n) is 15.7. The van der Waals surface area contributed by atoms with Crippen LogP contribution in [-0.4, -0.2) is 63.0 Å². The molecule has 0 amide bonds. The summed E-state index contributed by atoms with van der Waals surface area (Å²) in [7, 11) is 7.44. The molecule has 1 aromatic heterocycles. The van der Waals surface area contributed by atoms with Crippen LogP contribution in [-0.2, 0) is 27.2 Å². The van der Waals surface area contributed by atoms with Gasteiger partial charge in [0.05, 0.1) is 19.2 Å². The van der Waals surface area contributed by atoms with Gasteiger partial charge in [0.1, 0.15) is 18.0 Å². The van der Waals surface area contributed by atoms with Crippen LogP contribution in [0, 0.1) is 0 Å². The van der Waals surface area contributed by atoms with Crippen LogP contribution < -0.4 is 4.74 Å². The quantitative estimate of drug-likeness (QED) is 0.617. The Hall–Kier alpha value is -2.05. The number of aromatic nitrogens is 1. The molecule has 2 atom stereocenters. The van der Waals surface area contributed by atoms with Crippen molar-refractivity contribution < 1.29 is 19.0 Å². The van der Waals surface area contributed by atoms with Crippen molar-refractivity contribution in [3.63, 3.8) is 0 Å². The van der Waals surface area contributed by atoms with Gasteiger partial charge in [-0.25, -0.2) is 0 Å². The standard InChI is InChI=1S/C19H28N2O4/c1-14(25-13-22)19(24-5)12-21-11-15(8-9-20(2)3)17-7-6-16(23-4)10-18(17)21/h6-7,10-11,13-14,19H,8-9,12H2,1-5H3. The number of nitrogens with zero attached hydrogens (tertiary/aromatic N) is 2. The topological polar surface area (TPSA) is 52.9 Å². The number of benzene rings is 1. The lowest BCUT2D eigenvalue weighted by atomic mass is 10.1. The summed E-state index contributed by atoms with van der Waals surface area (Å²) < 4.78 is 18.1. The van der Waals surface area contributed by atoms with E-state index in [1.54, 1.807) is 14.2 Å². The van der Waals surface area contributed by atoms with Crippen molar-refractivity contribution in [2.24, 2.45) is 0 Å². The monoisotopic (exact) mass is 348 g/mol. The third kappa shape index (κ3) is 4.74. The second-order valence-electron chi connectivity index (χ2n) is 6.45. The van der Waals surface area contributed by atoms with E-state index in [0.29, 0.717) is 13.0 Å². The van der Waals surface area contributed by atoms with Gasteiger partial charge in [-0.05, 0) is 45.1 Å². The van der Waals surface area contributed by atoms with Gasteiger partial charge in [-0.1, -0.05) is 0 Å². The largest absolute Gasteiger partial charge is 0.497 e. The fraction of sp³-hybridized carbons (Fsp3) is 0.526. The molecule has 1 aromatic carbocycles. The van der Waals surface area contributed by atoms with E-state index in [1.807, 2.05) is 19.1 Å². The third-order valence-corrected chi connectivity index (χ3v) is 4.47. The van der Waals surface area contributed by atoms with Gasteiger partial charge in [0.25, 0.3) is 6.47 Å². The van der Waals surface area contributed by atoms with Crippen molar-refractivity contribution in [3.05, 3.63) is 30.0 Å². The van der Waals surface area contributed by atoms with Crippen LogP contribution >= 0.6 is 0 Å². The summed E-state index contributed by atoms with van der Waals surface area (Å²) >= 11 is 0.